The van der Waals surface area contributed by atoms with E-state index in [1.165, 1.54) is 36.6 Å². The molecule has 0 atom stereocenters. The largest absolute Gasteiger partial charge is 0.503 e. The van der Waals surface area contributed by atoms with Crippen LogP contribution in [0.25, 0.3) is 11.3 Å². The van der Waals surface area contributed by atoms with Crippen molar-refractivity contribution in [1.82, 2.24) is 9.88 Å². The minimum Gasteiger partial charge on any atom is -0.503 e. The van der Waals surface area contributed by atoms with Crippen LogP contribution in [0.5, 0.6) is 11.5 Å². The summed E-state index contributed by atoms with van der Waals surface area (Å²) in [6, 6.07) is 6.00. The van der Waals surface area contributed by atoms with Crippen molar-refractivity contribution in [3.63, 3.8) is 0 Å². The third-order valence-corrected chi connectivity index (χ3v) is 7.87. The quantitative estimate of drug-likeness (QED) is 0.295. The van der Waals surface area contributed by atoms with Gasteiger partial charge in [-0.25, -0.2) is 4.98 Å². The lowest BCUT2D eigenvalue weighted by atomic mass is 9.97. The van der Waals surface area contributed by atoms with Gasteiger partial charge >= 0.3 is 0 Å². The molecule has 1 amide bonds. The van der Waals surface area contributed by atoms with Gasteiger partial charge in [0.1, 0.15) is 10.0 Å². The fraction of sp³-hybridized carbons (Fsp3) is 0.273. The van der Waals surface area contributed by atoms with E-state index in [-0.39, 0.29) is 49.6 Å². The highest BCUT2D eigenvalue weighted by molar-refractivity contribution is 7.10. The summed E-state index contributed by atoms with van der Waals surface area (Å²) in [7, 11) is 1.36. The molecule has 12 heteroatoms. The Morgan fingerprint density at radius 1 is 1.24 bits per heavy atom. The minimum absolute atomic E-state index is 0.0197. The molecule has 0 bridgehead atoms. The number of likely N-dealkylation sites (tertiary alicyclic amines) is 1. The highest BCUT2D eigenvalue weighted by Gasteiger charge is 2.29. The van der Waals surface area contributed by atoms with E-state index in [1.807, 2.05) is 5.38 Å². The van der Waals surface area contributed by atoms with Crippen molar-refractivity contribution < 1.29 is 19.6 Å². The lowest BCUT2D eigenvalue weighted by molar-refractivity contribution is -0.384. The van der Waals surface area contributed by atoms with Gasteiger partial charge in [-0.2, -0.15) is 0 Å². The number of nitrogens with zero attached hydrogens (tertiary/aromatic N) is 3. The number of thiazole rings is 1. The summed E-state index contributed by atoms with van der Waals surface area (Å²) in [5, 5.41) is 23.9. The molecule has 1 fully saturated rings. The maximum Gasteiger partial charge on any atom is 0.288 e. The highest BCUT2D eigenvalue weighted by Crippen LogP contribution is 2.42. The molecule has 1 saturated heterocycles. The summed E-state index contributed by atoms with van der Waals surface area (Å²) in [5.41, 5.74) is 1.28. The van der Waals surface area contributed by atoms with Crippen LogP contribution in [0.15, 0.2) is 29.6 Å². The van der Waals surface area contributed by atoms with E-state index in [1.54, 1.807) is 11.0 Å². The predicted octanol–water partition coefficient (Wildman–Crippen LogP) is 6.41. The topological polar surface area (TPSA) is 106 Å². The summed E-state index contributed by atoms with van der Waals surface area (Å²) < 4.78 is 5.08. The maximum atomic E-state index is 13.1. The number of aromatic nitrogens is 1. The second-order valence-corrected chi connectivity index (χ2v) is 9.72. The molecule has 1 aliphatic heterocycles. The fourth-order valence-electron chi connectivity index (χ4n) is 3.82. The number of carbonyl (C=O) groups excluding carboxylic acids is 1. The van der Waals surface area contributed by atoms with Gasteiger partial charge in [-0.3, -0.25) is 14.9 Å². The number of amides is 1. The summed E-state index contributed by atoms with van der Waals surface area (Å²) in [6.07, 6.45) is 1.39. The second kappa shape index (κ2) is 9.95. The average Bonchev–Trinajstić information content (AvgIpc) is 3.33. The Balaban J connectivity index is 1.47. The molecule has 0 unspecified atom stereocenters. The molecule has 1 aromatic heterocycles. The molecule has 0 spiro atoms. The molecule has 2 aromatic carbocycles. The number of piperidine rings is 1. The number of rotatable bonds is 5. The van der Waals surface area contributed by atoms with Gasteiger partial charge in [-0.1, -0.05) is 40.9 Å². The van der Waals surface area contributed by atoms with Crippen LogP contribution in [0.2, 0.25) is 15.1 Å². The van der Waals surface area contributed by atoms with Gasteiger partial charge < -0.3 is 14.7 Å². The van der Waals surface area contributed by atoms with E-state index in [0.29, 0.717) is 37.2 Å². The van der Waals surface area contributed by atoms with Gasteiger partial charge in [0, 0.05) is 36.0 Å². The van der Waals surface area contributed by atoms with E-state index < -0.39 is 4.92 Å². The zero-order valence-electron chi connectivity index (χ0n) is 17.8. The van der Waals surface area contributed by atoms with Gasteiger partial charge in [-0.05, 0) is 25.0 Å². The van der Waals surface area contributed by atoms with Crippen LogP contribution in [-0.2, 0) is 0 Å². The zero-order chi connectivity index (χ0) is 24.6. The van der Waals surface area contributed by atoms with Crippen molar-refractivity contribution in [1.29, 1.82) is 0 Å². The SMILES string of the molecule is COc1cc(C(=O)N2CCC(c3nc(-c4ccc(Cl)c([N+](=O)[O-])c4)cs3)CC2)c(Cl)c(Cl)c1O. The molecular formula is C22H18Cl3N3O5S. The van der Waals surface area contributed by atoms with E-state index in [9.17, 15) is 20.0 Å². The first-order valence-corrected chi connectivity index (χ1v) is 12.2. The van der Waals surface area contributed by atoms with E-state index in [0.717, 1.165) is 5.01 Å². The van der Waals surface area contributed by atoms with Gasteiger partial charge in [0.05, 0.1) is 33.3 Å². The molecule has 0 aliphatic carbocycles. The summed E-state index contributed by atoms with van der Waals surface area (Å²) >= 11 is 19.7. The molecule has 34 heavy (non-hydrogen) atoms. The van der Waals surface area contributed by atoms with Crippen LogP contribution in [0.3, 0.4) is 0 Å². The number of nitro benzene ring substituents is 1. The lowest BCUT2D eigenvalue weighted by Crippen LogP contribution is -2.38. The van der Waals surface area contributed by atoms with E-state index in [2.05, 4.69) is 4.98 Å². The number of ether oxygens (including phenoxy) is 1. The van der Waals surface area contributed by atoms with Gasteiger partial charge in [-0.15, -0.1) is 11.3 Å². The second-order valence-electron chi connectivity index (χ2n) is 7.66. The van der Waals surface area contributed by atoms with Crippen molar-refractivity contribution in [2.45, 2.75) is 18.8 Å². The molecule has 3 aromatic rings. The Morgan fingerprint density at radius 2 is 1.94 bits per heavy atom. The van der Waals surface area contributed by atoms with Gasteiger partial charge in [0.25, 0.3) is 11.6 Å². The normalized spacial score (nSPS) is 14.3. The van der Waals surface area contributed by atoms with Gasteiger partial charge in [0.2, 0.25) is 0 Å². The number of nitro groups is 1. The number of benzene rings is 2. The molecule has 2 heterocycles. The molecule has 178 valence electrons. The number of phenols is 1. The number of carbonyl (C=O) groups is 1. The predicted molar refractivity (Wildman–Crippen MR) is 132 cm³/mol. The summed E-state index contributed by atoms with van der Waals surface area (Å²) in [4.78, 5) is 30.1. The van der Waals surface area contributed by atoms with Crippen LogP contribution >= 0.6 is 46.1 Å². The van der Waals surface area contributed by atoms with E-state index >= 15 is 0 Å². The summed E-state index contributed by atoms with van der Waals surface area (Å²) in [6.45, 7) is 0.976. The standard InChI is InChI=1S/C22H18Cl3N3O5S/c1-33-17-9-13(18(24)19(25)20(17)29)22(30)27-6-4-11(5-7-27)21-26-15(10-34-21)12-2-3-14(23)16(8-12)28(31)32/h2-3,8-11,29H,4-7H2,1H3. The minimum atomic E-state index is -0.519. The Labute approximate surface area is 213 Å². The molecule has 1 aliphatic rings. The third kappa shape index (κ3) is 4.65. The first-order chi connectivity index (χ1) is 16.2. The van der Waals surface area contributed by atoms with Crippen molar-refractivity contribution >= 4 is 57.7 Å². The number of hydrogen-bond donors (Lipinski definition) is 1. The first kappa shape index (κ1) is 24.5. The Morgan fingerprint density at radius 3 is 2.59 bits per heavy atom. The first-order valence-electron chi connectivity index (χ1n) is 10.1. The Hall–Kier alpha value is -2.59. The molecular weight excluding hydrogens is 525 g/mol. The fourth-order valence-corrected chi connectivity index (χ4v) is 5.43. The average molecular weight is 543 g/mol. The number of hydrogen-bond acceptors (Lipinski definition) is 7. The van der Waals surface area contributed by atoms with Crippen LogP contribution < -0.4 is 4.74 Å². The molecule has 8 nitrogen and oxygen atoms in total. The number of aromatic hydroxyl groups is 1. The van der Waals surface area contributed by atoms with Crippen LogP contribution in [-0.4, -0.2) is 46.0 Å². The van der Waals surface area contributed by atoms with Crippen molar-refractivity contribution in [2.75, 3.05) is 20.2 Å². The van der Waals surface area contributed by atoms with Crippen molar-refractivity contribution in [3.8, 4) is 22.8 Å². The third-order valence-electron chi connectivity index (χ3n) is 5.69. The van der Waals surface area contributed by atoms with E-state index in [4.69, 9.17) is 39.5 Å². The van der Waals surface area contributed by atoms with Crippen molar-refractivity contribution in [3.05, 3.63) is 65.4 Å². The lowest BCUT2D eigenvalue weighted by Gasteiger charge is -2.31. The number of halogens is 3. The summed E-state index contributed by atoms with van der Waals surface area (Å²) in [5.74, 6) is -0.379. The monoisotopic (exact) mass is 541 g/mol. The van der Waals surface area contributed by atoms with Crippen LogP contribution in [0, 0.1) is 10.1 Å². The molecule has 0 saturated carbocycles. The smallest absolute Gasteiger partial charge is 0.288 e. The highest BCUT2D eigenvalue weighted by atomic mass is 35.5. The molecule has 0 radical (unpaired) electrons. The van der Waals surface area contributed by atoms with Crippen molar-refractivity contribution in [2.24, 2.45) is 0 Å². The maximum absolute atomic E-state index is 13.1. The Bertz CT molecular complexity index is 1270. The number of phenolic OH excluding ortho intramolecular Hbond substituents is 1. The molecule has 4 rings (SSSR count). The van der Waals surface area contributed by atoms with Crippen LogP contribution in [0.1, 0.15) is 34.1 Å². The van der Waals surface area contributed by atoms with Crippen LogP contribution in [0.4, 0.5) is 5.69 Å². The number of methoxy groups -OCH3 is 1. The molecule has 1 N–H and O–H groups in total. The zero-order valence-corrected chi connectivity index (χ0v) is 20.8. The van der Waals surface area contributed by atoms with Gasteiger partial charge in [0.15, 0.2) is 11.5 Å². The Kier molecular flexibility index (Phi) is 7.18.